The third kappa shape index (κ3) is 2.62. The van der Waals surface area contributed by atoms with Crippen molar-refractivity contribution in [1.82, 2.24) is 5.32 Å². The van der Waals surface area contributed by atoms with Gasteiger partial charge in [0.15, 0.2) is 0 Å². The Bertz CT molecular complexity index is 327. The van der Waals surface area contributed by atoms with E-state index >= 15 is 0 Å². The lowest BCUT2D eigenvalue weighted by Gasteiger charge is -2.39. The molecule has 2 N–H and O–H groups in total. The zero-order valence-corrected chi connectivity index (χ0v) is 8.99. The average molecular weight is 225 g/mol. The molecule has 1 saturated carbocycles. The lowest BCUT2D eigenvalue weighted by molar-refractivity contribution is -0.151. The van der Waals surface area contributed by atoms with E-state index in [9.17, 15) is 9.59 Å². The normalized spacial score (nSPS) is 17.1. The predicted octanol–water partition coefficient (Wildman–Crippen LogP) is 1.32. The third-order valence-electron chi connectivity index (χ3n) is 2.53. The van der Waals surface area contributed by atoms with E-state index in [2.05, 4.69) is 23.2 Å². The van der Waals surface area contributed by atoms with E-state index < -0.39 is 17.5 Å². The van der Waals surface area contributed by atoms with Gasteiger partial charge in [0, 0.05) is 6.54 Å². The molecule has 1 aliphatic carbocycles. The molecule has 0 spiro atoms. The van der Waals surface area contributed by atoms with Gasteiger partial charge < -0.3 is 15.2 Å². The molecule has 5 nitrogen and oxygen atoms in total. The molecule has 0 radical (unpaired) electrons. The lowest BCUT2D eigenvalue weighted by Crippen LogP contribution is -2.48. The van der Waals surface area contributed by atoms with Crippen LogP contribution < -0.4 is 5.32 Å². The number of hydrogen-bond acceptors (Lipinski definition) is 3. The van der Waals surface area contributed by atoms with Crippen molar-refractivity contribution in [1.29, 1.82) is 0 Å². The maximum atomic E-state index is 11.1. The number of carboxylic acid groups (broad SMARTS) is 1. The summed E-state index contributed by atoms with van der Waals surface area (Å²) in [6, 6.07) is 0. The van der Waals surface area contributed by atoms with E-state index in [4.69, 9.17) is 5.11 Å². The van der Waals surface area contributed by atoms with E-state index in [1.807, 2.05) is 0 Å². The number of nitrogens with one attached hydrogen (secondary N) is 1. The van der Waals surface area contributed by atoms with Crippen LogP contribution >= 0.6 is 0 Å². The van der Waals surface area contributed by atoms with Crippen LogP contribution in [0.2, 0.25) is 0 Å². The van der Waals surface area contributed by atoms with Crippen LogP contribution in [0.5, 0.6) is 0 Å². The second-order valence-corrected chi connectivity index (χ2v) is 3.93. The number of carbonyl (C=O) groups excluding carboxylic acids is 1. The molecule has 88 valence electrons. The van der Waals surface area contributed by atoms with E-state index in [0.717, 1.165) is 5.57 Å². The predicted molar refractivity (Wildman–Crippen MR) is 58.0 cm³/mol. The van der Waals surface area contributed by atoms with Gasteiger partial charge in [0.25, 0.3) is 0 Å². The van der Waals surface area contributed by atoms with E-state index in [0.29, 0.717) is 12.8 Å². The van der Waals surface area contributed by atoms with Gasteiger partial charge in [-0.15, -0.1) is 0 Å². The van der Waals surface area contributed by atoms with Crippen molar-refractivity contribution in [3.63, 3.8) is 0 Å². The number of carbonyl (C=O) groups is 2. The first-order valence-corrected chi connectivity index (χ1v) is 4.92. The SMILES string of the molecule is C=CCOC(=O)NCC1(C(=O)O)CC(=C)C1. The molecule has 1 aliphatic rings. The fraction of sp³-hybridized carbons (Fsp3) is 0.455. The third-order valence-corrected chi connectivity index (χ3v) is 2.53. The largest absolute Gasteiger partial charge is 0.481 e. The molecule has 0 aromatic heterocycles. The number of aliphatic carboxylic acids is 1. The highest BCUT2D eigenvalue weighted by molar-refractivity contribution is 5.79. The van der Waals surface area contributed by atoms with Gasteiger partial charge in [-0.05, 0) is 12.8 Å². The molecule has 0 heterocycles. The second kappa shape index (κ2) is 4.83. The molecular formula is C11H15NO4. The van der Waals surface area contributed by atoms with E-state index in [1.54, 1.807) is 0 Å². The van der Waals surface area contributed by atoms with Crippen molar-refractivity contribution >= 4 is 12.1 Å². The number of amides is 1. The molecule has 0 atom stereocenters. The summed E-state index contributed by atoms with van der Waals surface area (Å²) in [6.45, 7) is 7.27. The van der Waals surface area contributed by atoms with E-state index in [1.165, 1.54) is 6.08 Å². The topological polar surface area (TPSA) is 75.6 Å². The number of hydrogen-bond donors (Lipinski definition) is 2. The molecular weight excluding hydrogens is 210 g/mol. The Labute approximate surface area is 93.8 Å². The Morgan fingerprint density at radius 2 is 2.19 bits per heavy atom. The van der Waals surface area contributed by atoms with Crippen LogP contribution in [0.1, 0.15) is 12.8 Å². The van der Waals surface area contributed by atoms with Gasteiger partial charge in [-0.2, -0.15) is 0 Å². The van der Waals surface area contributed by atoms with Crippen LogP contribution in [0, 0.1) is 5.41 Å². The highest BCUT2D eigenvalue weighted by Crippen LogP contribution is 2.44. The van der Waals surface area contributed by atoms with Crippen molar-refractivity contribution in [3.8, 4) is 0 Å². The van der Waals surface area contributed by atoms with Crippen molar-refractivity contribution in [3.05, 3.63) is 24.8 Å². The smallest absolute Gasteiger partial charge is 0.407 e. The maximum Gasteiger partial charge on any atom is 0.407 e. The molecule has 1 fully saturated rings. The van der Waals surface area contributed by atoms with Crippen LogP contribution in [-0.4, -0.2) is 30.3 Å². The molecule has 0 aliphatic heterocycles. The molecule has 0 bridgehead atoms. The van der Waals surface area contributed by atoms with Crippen molar-refractivity contribution in [2.24, 2.45) is 5.41 Å². The zero-order chi connectivity index (χ0) is 12.2. The summed E-state index contributed by atoms with van der Waals surface area (Å²) in [6.07, 6.45) is 1.63. The molecule has 5 heteroatoms. The standard InChI is InChI=1S/C11H15NO4/c1-3-4-16-10(15)12-7-11(9(13)14)5-8(2)6-11/h3H,1-2,4-7H2,(H,12,15)(H,13,14). The summed E-state index contributed by atoms with van der Waals surface area (Å²) in [7, 11) is 0. The van der Waals surface area contributed by atoms with Crippen molar-refractivity contribution in [2.45, 2.75) is 12.8 Å². The van der Waals surface area contributed by atoms with Crippen molar-refractivity contribution in [2.75, 3.05) is 13.2 Å². The first-order chi connectivity index (χ1) is 7.50. The van der Waals surface area contributed by atoms with Crippen LogP contribution in [-0.2, 0) is 9.53 Å². The quantitative estimate of drug-likeness (QED) is 0.692. The number of rotatable bonds is 5. The van der Waals surface area contributed by atoms with Gasteiger partial charge >= 0.3 is 12.1 Å². The fourth-order valence-corrected chi connectivity index (χ4v) is 1.68. The Morgan fingerprint density at radius 3 is 2.62 bits per heavy atom. The number of ether oxygens (including phenoxy) is 1. The average Bonchev–Trinajstić information content (AvgIpc) is 2.19. The monoisotopic (exact) mass is 225 g/mol. The highest BCUT2D eigenvalue weighted by atomic mass is 16.5. The van der Waals surface area contributed by atoms with Crippen molar-refractivity contribution < 1.29 is 19.4 Å². The minimum Gasteiger partial charge on any atom is -0.481 e. The highest BCUT2D eigenvalue weighted by Gasteiger charge is 2.46. The zero-order valence-electron chi connectivity index (χ0n) is 8.99. The Morgan fingerprint density at radius 1 is 1.56 bits per heavy atom. The van der Waals surface area contributed by atoms with Gasteiger partial charge in [0.1, 0.15) is 6.61 Å². The summed E-state index contributed by atoms with van der Waals surface area (Å²) in [5, 5.41) is 11.5. The Kier molecular flexibility index (Phi) is 3.71. The van der Waals surface area contributed by atoms with Gasteiger partial charge in [0.05, 0.1) is 5.41 Å². The van der Waals surface area contributed by atoms with Crippen LogP contribution in [0.15, 0.2) is 24.8 Å². The molecule has 1 rings (SSSR count). The van der Waals surface area contributed by atoms with Gasteiger partial charge in [0.2, 0.25) is 0 Å². The number of allylic oxidation sites excluding steroid dienone is 1. The minimum absolute atomic E-state index is 0.0668. The first-order valence-electron chi connectivity index (χ1n) is 4.92. The lowest BCUT2D eigenvalue weighted by atomic mass is 9.66. The summed E-state index contributed by atoms with van der Waals surface area (Å²) < 4.78 is 4.68. The molecule has 0 unspecified atom stereocenters. The molecule has 0 saturated heterocycles. The summed E-state index contributed by atoms with van der Waals surface area (Å²) in [5.41, 5.74) is -0.00625. The number of carboxylic acids is 1. The fourth-order valence-electron chi connectivity index (χ4n) is 1.68. The van der Waals surface area contributed by atoms with Crippen LogP contribution in [0.3, 0.4) is 0 Å². The minimum atomic E-state index is -0.913. The molecule has 0 aromatic carbocycles. The van der Waals surface area contributed by atoms with Crippen LogP contribution in [0.25, 0.3) is 0 Å². The van der Waals surface area contributed by atoms with Gasteiger partial charge in [-0.3, -0.25) is 4.79 Å². The maximum absolute atomic E-state index is 11.1. The van der Waals surface area contributed by atoms with Gasteiger partial charge in [-0.25, -0.2) is 4.79 Å². The molecule has 0 aromatic rings. The summed E-state index contributed by atoms with van der Waals surface area (Å²) in [4.78, 5) is 22.1. The molecule has 1 amide bonds. The first kappa shape index (κ1) is 12.3. The Balaban J connectivity index is 2.40. The number of alkyl carbamates (subject to hydrolysis) is 1. The summed E-state index contributed by atoms with van der Waals surface area (Å²) in [5.74, 6) is -0.913. The summed E-state index contributed by atoms with van der Waals surface area (Å²) >= 11 is 0. The second-order valence-electron chi connectivity index (χ2n) is 3.93. The van der Waals surface area contributed by atoms with E-state index in [-0.39, 0.29) is 13.2 Å². The van der Waals surface area contributed by atoms with Gasteiger partial charge in [-0.1, -0.05) is 24.8 Å². The molecule has 16 heavy (non-hydrogen) atoms. The van der Waals surface area contributed by atoms with Crippen LogP contribution in [0.4, 0.5) is 4.79 Å². The Hall–Kier alpha value is -1.78.